The third-order valence-electron chi connectivity index (χ3n) is 6.06. The Balaban J connectivity index is 1.47. The van der Waals surface area contributed by atoms with Crippen molar-refractivity contribution in [3.05, 3.63) is 28.3 Å². The van der Waals surface area contributed by atoms with Gasteiger partial charge < -0.3 is 15.4 Å². The molecule has 7 nitrogen and oxygen atoms in total. The summed E-state index contributed by atoms with van der Waals surface area (Å²) in [6.45, 7) is 0. The van der Waals surface area contributed by atoms with Gasteiger partial charge in [0.05, 0.1) is 23.8 Å². The minimum atomic E-state index is -0.484. The number of amides is 2. The van der Waals surface area contributed by atoms with Crippen molar-refractivity contribution in [3.63, 3.8) is 0 Å². The summed E-state index contributed by atoms with van der Waals surface area (Å²) in [6.07, 6.45) is 7.17. The summed E-state index contributed by atoms with van der Waals surface area (Å²) >= 11 is 0. The lowest BCUT2D eigenvalue weighted by atomic mass is 9.53. The highest BCUT2D eigenvalue weighted by molar-refractivity contribution is 5.91. The molecule has 0 saturated heterocycles. The number of hydrogen-bond acceptors (Lipinski definition) is 4. The molecule has 0 radical (unpaired) electrons. The first kappa shape index (κ1) is 16.2. The van der Waals surface area contributed by atoms with Gasteiger partial charge in [-0.05, 0) is 62.3 Å². The van der Waals surface area contributed by atoms with Crippen LogP contribution in [-0.4, -0.2) is 23.6 Å². The average molecular weight is 345 g/mol. The number of carbonyl (C=O) groups is 1. The molecule has 7 heteroatoms. The number of rotatable bonds is 4. The van der Waals surface area contributed by atoms with E-state index in [2.05, 4.69) is 10.6 Å². The number of methoxy groups -OCH3 is 1. The number of nitrogens with zero attached hydrogens (tertiary/aromatic N) is 1. The second-order valence-corrected chi connectivity index (χ2v) is 7.92. The van der Waals surface area contributed by atoms with Gasteiger partial charge in [-0.2, -0.15) is 0 Å². The highest BCUT2D eigenvalue weighted by Crippen LogP contribution is 2.55. The zero-order valence-electron chi connectivity index (χ0n) is 14.3. The zero-order chi connectivity index (χ0) is 17.6. The van der Waals surface area contributed by atoms with Gasteiger partial charge >= 0.3 is 6.03 Å². The average Bonchev–Trinajstić information content (AvgIpc) is 2.53. The first-order valence-corrected chi connectivity index (χ1v) is 8.88. The van der Waals surface area contributed by atoms with E-state index in [0.717, 1.165) is 37.0 Å². The lowest BCUT2D eigenvalue weighted by molar-refractivity contribution is -0.384. The minimum absolute atomic E-state index is 0.0658. The van der Waals surface area contributed by atoms with Crippen LogP contribution in [-0.2, 0) is 0 Å². The van der Waals surface area contributed by atoms with Crippen LogP contribution in [0.25, 0.3) is 0 Å². The molecule has 2 amide bonds. The van der Waals surface area contributed by atoms with Crippen LogP contribution in [0.5, 0.6) is 5.75 Å². The number of ether oxygens (including phenoxy) is 1. The molecule has 0 aromatic heterocycles. The fraction of sp³-hybridized carbons (Fsp3) is 0.611. The highest BCUT2D eigenvalue weighted by atomic mass is 16.6. The molecule has 4 saturated carbocycles. The molecule has 25 heavy (non-hydrogen) atoms. The van der Waals surface area contributed by atoms with Crippen LogP contribution in [0.2, 0.25) is 0 Å². The number of benzene rings is 1. The van der Waals surface area contributed by atoms with E-state index >= 15 is 0 Å². The van der Waals surface area contributed by atoms with Crippen LogP contribution in [0, 0.1) is 27.9 Å². The van der Waals surface area contributed by atoms with E-state index in [1.165, 1.54) is 44.6 Å². The van der Waals surface area contributed by atoms with Crippen molar-refractivity contribution >= 4 is 17.4 Å². The van der Waals surface area contributed by atoms with Crippen molar-refractivity contribution < 1.29 is 14.5 Å². The Labute approximate surface area is 146 Å². The molecule has 1 aromatic rings. The molecule has 5 rings (SSSR count). The third-order valence-corrected chi connectivity index (χ3v) is 6.06. The summed E-state index contributed by atoms with van der Waals surface area (Å²) in [5.41, 5.74) is 0.298. The van der Waals surface area contributed by atoms with Crippen LogP contribution in [0.1, 0.15) is 38.5 Å². The van der Waals surface area contributed by atoms with E-state index in [1.54, 1.807) is 0 Å². The van der Waals surface area contributed by atoms with Gasteiger partial charge in [0.15, 0.2) is 0 Å². The lowest BCUT2D eigenvalue weighted by Crippen LogP contribution is -2.60. The number of urea groups is 1. The molecule has 0 spiro atoms. The van der Waals surface area contributed by atoms with E-state index in [-0.39, 0.29) is 23.0 Å². The summed E-state index contributed by atoms with van der Waals surface area (Å²) in [7, 11) is 1.43. The Morgan fingerprint density at radius 2 is 1.80 bits per heavy atom. The van der Waals surface area contributed by atoms with Crippen LogP contribution in [0.4, 0.5) is 16.2 Å². The van der Waals surface area contributed by atoms with Crippen molar-refractivity contribution in [3.8, 4) is 5.75 Å². The van der Waals surface area contributed by atoms with Crippen LogP contribution in [0.15, 0.2) is 18.2 Å². The number of nitro groups is 1. The summed E-state index contributed by atoms with van der Waals surface area (Å²) in [6, 6.07) is 3.94. The van der Waals surface area contributed by atoms with Crippen LogP contribution >= 0.6 is 0 Å². The lowest BCUT2D eigenvalue weighted by Gasteiger charge is -2.56. The Kier molecular flexibility index (Phi) is 3.81. The highest BCUT2D eigenvalue weighted by Gasteiger charge is 2.51. The molecule has 0 unspecified atom stereocenters. The number of nitro benzene ring substituents is 1. The largest absolute Gasteiger partial charge is 0.494 e. The fourth-order valence-corrected chi connectivity index (χ4v) is 5.55. The maximum absolute atomic E-state index is 12.6. The topological polar surface area (TPSA) is 93.5 Å². The maximum atomic E-state index is 12.6. The summed E-state index contributed by atoms with van der Waals surface area (Å²) < 4.78 is 5.18. The monoisotopic (exact) mass is 345 g/mol. The normalized spacial score (nSPS) is 32.3. The molecule has 4 aliphatic rings. The molecule has 4 fully saturated rings. The molecule has 0 atom stereocenters. The smallest absolute Gasteiger partial charge is 0.319 e. The van der Waals surface area contributed by atoms with Crippen molar-refractivity contribution in [2.45, 2.75) is 44.1 Å². The van der Waals surface area contributed by atoms with Crippen molar-refractivity contribution in [1.82, 2.24) is 5.32 Å². The summed E-state index contributed by atoms with van der Waals surface area (Å²) in [5.74, 6) is 2.54. The van der Waals surface area contributed by atoms with E-state index in [4.69, 9.17) is 4.74 Å². The number of non-ortho nitro benzene ring substituents is 1. The Hall–Kier alpha value is -2.31. The van der Waals surface area contributed by atoms with Gasteiger partial charge in [-0.15, -0.1) is 0 Å². The first-order chi connectivity index (χ1) is 12.0. The number of anilines is 1. The van der Waals surface area contributed by atoms with Crippen molar-refractivity contribution in [2.75, 3.05) is 12.4 Å². The number of carbonyl (C=O) groups excluding carboxylic acids is 1. The third kappa shape index (κ3) is 3.03. The van der Waals surface area contributed by atoms with E-state index in [9.17, 15) is 14.9 Å². The Morgan fingerprint density at radius 3 is 2.32 bits per heavy atom. The van der Waals surface area contributed by atoms with Gasteiger partial charge in [0.25, 0.3) is 5.69 Å². The standard InChI is InChI=1S/C18H23N3O4/c1-25-16-7-14(21(23)24)2-3-15(16)19-17(22)20-18-8-11-4-12(9-18)6-13(5-11)10-18/h2-3,7,11-13H,4-6,8-10H2,1H3,(H2,19,20,22). The predicted octanol–water partition coefficient (Wildman–Crippen LogP) is 3.69. The fourth-order valence-electron chi connectivity index (χ4n) is 5.55. The van der Waals surface area contributed by atoms with Gasteiger partial charge in [0.2, 0.25) is 0 Å². The summed E-state index contributed by atoms with van der Waals surface area (Å²) in [4.78, 5) is 23.0. The summed E-state index contributed by atoms with van der Waals surface area (Å²) in [5, 5.41) is 16.9. The molecule has 1 aromatic carbocycles. The number of nitrogens with one attached hydrogen (secondary N) is 2. The van der Waals surface area contributed by atoms with Crippen LogP contribution in [0.3, 0.4) is 0 Å². The van der Waals surface area contributed by atoms with Crippen molar-refractivity contribution in [1.29, 1.82) is 0 Å². The van der Waals surface area contributed by atoms with Crippen LogP contribution < -0.4 is 15.4 Å². The zero-order valence-corrected chi connectivity index (χ0v) is 14.3. The molecular weight excluding hydrogens is 322 g/mol. The molecule has 2 N–H and O–H groups in total. The van der Waals surface area contributed by atoms with Gasteiger partial charge in [-0.3, -0.25) is 10.1 Å². The molecule has 4 bridgehead atoms. The number of hydrogen-bond donors (Lipinski definition) is 2. The van der Waals surface area contributed by atoms with Crippen molar-refractivity contribution in [2.24, 2.45) is 17.8 Å². The molecule has 0 heterocycles. The predicted molar refractivity (Wildman–Crippen MR) is 92.7 cm³/mol. The molecule has 0 aliphatic heterocycles. The Bertz CT molecular complexity index is 683. The minimum Gasteiger partial charge on any atom is -0.494 e. The van der Waals surface area contributed by atoms with E-state index in [1.807, 2.05) is 0 Å². The first-order valence-electron chi connectivity index (χ1n) is 8.88. The maximum Gasteiger partial charge on any atom is 0.319 e. The molecule has 134 valence electrons. The molecule has 4 aliphatic carbocycles. The quantitative estimate of drug-likeness (QED) is 0.643. The van der Waals surface area contributed by atoms with E-state index in [0.29, 0.717) is 5.69 Å². The SMILES string of the molecule is COc1cc([N+](=O)[O-])ccc1NC(=O)NC12CC3CC(CC(C3)C1)C2. The van der Waals surface area contributed by atoms with Gasteiger partial charge in [0.1, 0.15) is 5.75 Å². The van der Waals surface area contributed by atoms with Gasteiger partial charge in [-0.25, -0.2) is 4.79 Å². The van der Waals surface area contributed by atoms with Gasteiger partial charge in [0, 0.05) is 11.6 Å². The second-order valence-electron chi connectivity index (χ2n) is 7.92. The van der Waals surface area contributed by atoms with Gasteiger partial charge in [-0.1, -0.05) is 0 Å². The van der Waals surface area contributed by atoms with E-state index < -0.39 is 4.92 Å². The second kappa shape index (κ2) is 5.89. The Morgan fingerprint density at radius 1 is 1.20 bits per heavy atom. The molecular formula is C18H23N3O4.